The average Bonchev–Trinajstić information content (AvgIpc) is 3.45. The second-order valence-corrected chi connectivity index (χ2v) is 7.66. The number of carbonyl (C=O) groups is 1. The number of oxazole rings is 1. The van der Waals surface area contributed by atoms with Crippen LogP contribution in [-0.4, -0.2) is 41.0 Å². The van der Waals surface area contributed by atoms with Crippen LogP contribution in [0.4, 0.5) is 0 Å². The van der Waals surface area contributed by atoms with Crippen molar-refractivity contribution >= 4 is 16.8 Å². The van der Waals surface area contributed by atoms with Crippen molar-refractivity contribution in [2.75, 3.05) is 20.2 Å². The van der Waals surface area contributed by atoms with E-state index in [9.17, 15) is 4.79 Å². The summed E-state index contributed by atoms with van der Waals surface area (Å²) in [5.41, 5.74) is 3.85. The number of para-hydroxylation sites is 1. The fourth-order valence-corrected chi connectivity index (χ4v) is 3.79. The predicted octanol–water partition coefficient (Wildman–Crippen LogP) is 4.16. The molecule has 2 aromatic carbocycles. The molecule has 7 heteroatoms. The van der Waals surface area contributed by atoms with E-state index in [1.165, 1.54) is 17.2 Å². The summed E-state index contributed by atoms with van der Waals surface area (Å²) < 4.78 is 11.0. The van der Waals surface area contributed by atoms with Crippen LogP contribution in [0.5, 0.6) is 5.75 Å². The first-order valence-electron chi connectivity index (χ1n) is 10.8. The standard InChI is InChI=1S/C25H28N4O3/c1-3-26-25(30)23-17-32-24(28-23)16-29(15-18-7-6-8-20(13-18)31-2)12-11-19-14-27-22-10-5-4-9-21(19)22/h4-10,13-14,17,27H,3,11-12,15-16H2,1-2H3,(H,26,30). The van der Waals surface area contributed by atoms with E-state index in [1.807, 2.05) is 31.2 Å². The summed E-state index contributed by atoms with van der Waals surface area (Å²) in [5.74, 6) is 1.13. The molecule has 2 N–H and O–H groups in total. The Morgan fingerprint density at radius 1 is 1.19 bits per heavy atom. The quantitative estimate of drug-likeness (QED) is 0.393. The Kier molecular flexibility index (Phi) is 6.87. The van der Waals surface area contributed by atoms with E-state index in [2.05, 4.69) is 50.6 Å². The lowest BCUT2D eigenvalue weighted by molar-refractivity contribution is 0.0950. The molecular formula is C25H28N4O3. The largest absolute Gasteiger partial charge is 0.497 e. The van der Waals surface area contributed by atoms with E-state index in [4.69, 9.17) is 9.15 Å². The van der Waals surface area contributed by atoms with Gasteiger partial charge in [-0.15, -0.1) is 0 Å². The lowest BCUT2D eigenvalue weighted by atomic mass is 10.1. The Labute approximate surface area is 187 Å². The first kappa shape index (κ1) is 21.6. The molecule has 0 unspecified atom stereocenters. The van der Waals surface area contributed by atoms with Crippen LogP contribution in [-0.2, 0) is 19.5 Å². The van der Waals surface area contributed by atoms with E-state index < -0.39 is 0 Å². The maximum Gasteiger partial charge on any atom is 0.273 e. The molecule has 4 aromatic rings. The van der Waals surface area contributed by atoms with Crippen molar-refractivity contribution in [3.63, 3.8) is 0 Å². The van der Waals surface area contributed by atoms with Crippen molar-refractivity contribution in [1.29, 1.82) is 0 Å². The zero-order chi connectivity index (χ0) is 22.3. The van der Waals surface area contributed by atoms with E-state index >= 15 is 0 Å². The molecule has 0 fully saturated rings. The lowest BCUT2D eigenvalue weighted by Gasteiger charge is -2.21. The molecule has 0 aliphatic carbocycles. The smallest absolute Gasteiger partial charge is 0.273 e. The van der Waals surface area contributed by atoms with Gasteiger partial charge in [0, 0.05) is 36.7 Å². The van der Waals surface area contributed by atoms with Gasteiger partial charge in [-0.2, -0.15) is 0 Å². The molecule has 0 bridgehead atoms. The molecule has 7 nitrogen and oxygen atoms in total. The van der Waals surface area contributed by atoms with E-state index in [0.717, 1.165) is 29.8 Å². The van der Waals surface area contributed by atoms with Crippen LogP contribution < -0.4 is 10.1 Å². The van der Waals surface area contributed by atoms with Crippen molar-refractivity contribution in [2.24, 2.45) is 0 Å². The van der Waals surface area contributed by atoms with Crippen molar-refractivity contribution < 1.29 is 13.9 Å². The zero-order valence-electron chi connectivity index (χ0n) is 18.4. The van der Waals surface area contributed by atoms with Crippen LogP contribution in [0.15, 0.2) is 65.4 Å². The van der Waals surface area contributed by atoms with E-state index in [-0.39, 0.29) is 5.91 Å². The monoisotopic (exact) mass is 432 g/mol. The van der Waals surface area contributed by atoms with Gasteiger partial charge in [0.2, 0.25) is 5.89 Å². The number of benzene rings is 2. The molecule has 2 heterocycles. The number of nitrogens with one attached hydrogen (secondary N) is 2. The van der Waals surface area contributed by atoms with Gasteiger partial charge in [0.05, 0.1) is 13.7 Å². The minimum absolute atomic E-state index is 0.222. The van der Waals surface area contributed by atoms with Gasteiger partial charge < -0.3 is 19.5 Å². The lowest BCUT2D eigenvalue weighted by Crippen LogP contribution is -2.26. The summed E-state index contributed by atoms with van der Waals surface area (Å²) in [7, 11) is 1.67. The molecule has 4 rings (SSSR count). The SMILES string of the molecule is CCNC(=O)c1coc(CN(CCc2c[nH]c3ccccc23)Cc2cccc(OC)c2)n1. The number of amides is 1. The number of carbonyl (C=O) groups excluding carboxylic acids is 1. The Hall–Kier alpha value is -3.58. The molecule has 0 atom stereocenters. The molecular weight excluding hydrogens is 404 g/mol. The normalized spacial score (nSPS) is 11.2. The van der Waals surface area contributed by atoms with Crippen LogP contribution >= 0.6 is 0 Å². The number of aromatic amines is 1. The first-order valence-corrected chi connectivity index (χ1v) is 10.8. The number of ether oxygens (including phenoxy) is 1. The van der Waals surface area contributed by atoms with Gasteiger partial charge in [0.25, 0.3) is 5.91 Å². The Balaban J connectivity index is 1.51. The topological polar surface area (TPSA) is 83.4 Å². The molecule has 1 amide bonds. The number of H-pyrrole nitrogens is 1. The van der Waals surface area contributed by atoms with Gasteiger partial charge in [-0.1, -0.05) is 30.3 Å². The maximum absolute atomic E-state index is 12.0. The Bertz CT molecular complexity index is 1180. The second-order valence-electron chi connectivity index (χ2n) is 7.66. The fourth-order valence-electron chi connectivity index (χ4n) is 3.79. The van der Waals surface area contributed by atoms with Crippen molar-refractivity contribution in [1.82, 2.24) is 20.2 Å². The number of aromatic nitrogens is 2. The van der Waals surface area contributed by atoms with Crippen LogP contribution in [0.25, 0.3) is 10.9 Å². The van der Waals surface area contributed by atoms with Crippen LogP contribution in [0, 0.1) is 0 Å². The zero-order valence-corrected chi connectivity index (χ0v) is 18.4. The number of hydrogen-bond acceptors (Lipinski definition) is 5. The first-order chi connectivity index (χ1) is 15.7. The number of methoxy groups -OCH3 is 1. The molecule has 0 radical (unpaired) electrons. The van der Waals surface area contributed by atoms with Crippen LogP contribution in [0.2, 0.25) is 0 Å². The Morgan fingerprint density at radius 3 is 2.91 bits per heavy atom. The molecule has 0 saturated carbocycles. The molecule has 0 saturated heterocycles. The average molecular weight is 433 g/mol. The molecule has 166 valence electrons. The van der Waals surface area contributed by atoms with Crippen molar-refractivity contribution in [3.05, 3.63) is 83.7 Å². The third-order valence-corrected chi connectivity index (χ3v) is 5.39. The number of rotatable bonds is 10. The number of hydrogen-bond donors (Lipinski definition) is 2. The minimum atomic E-state index is -0.222. The van der Waals surface area contributed by atoms with Crippen molar-refractivity contribution in [3.8, 4) is 5.75 Å². The summed E-state index contributed by atoms with van der Waals surface area (Å²) in [5, 5.41) is 3.99. The van der Waals surface area contributed by atoms with E-state index in [1.54, 1.807) is 7.11 Å². The molecule has 32 heavy (non-hydrogen) atoms. The predicted molar refractivity (Wildman–Crippen MR) is 124 cm³/mol. The number of fused-ring (bicyclic) bond motifs is 1. The van der Waals surface area contributed by atoms with Gasteiger partial charge in [-0.05, 0) is 42.7 Å². The van der Waals surface area contributed by atoms with E-state index in [0.29, 0.717) is 31.2 Å². The van der Waals surface area contributed by atoms with Gasteiger partial charge in [0.15, 0.2) is 5.69 Å². The van der Waals surface area contributed by atoms with Gasteiger partial charge in [0.1, 0.15) is 12.0 Å². The van der Waals surface area contributed by atoms with Crippen molar-refractivity contribution in [2.45, 2.75) is 26.4 Å². The highest BCUT2D eigenvalue weighted by Gasteiger charge is 2.16. The summed E-state index contributed by atoms with van der Waals surface area (Å²) in [6.45, 7) is 4.43. The summed E-state index contributed by atoms with van der Waals surface area (Å²) in [4.78, 5) is 22.0. The summed E-state index contributed by atoms with van der Waals surface area (Å²) in [6.07, 6.45) is 4.37. The highest BCUT2D eigenvalue weighted by Crippen LogP contribution is 2.20. The summed E-state index contributed by atoms with van der Waals surface area (Å²) in [6, 6.07) is 16.4. The third-order valence-electron chi connectivity index (χ3n) is 5.39. The highest BCUT2D eigenvalue weighted by molar-refractivity contribution is 5.91. The number of nitrogens with zero attached hydrogens (tertiary/aromatic N) is 2. The highest BCUT2D eigenvalue weighted by atomic mass is 16.5. The van der Waals surface area contributed by atoms with Gasteiger partial charge in [-0.3, -0.25) is 9.69 Å². The molecule has 0 aliphatic heterocycles. The fraction of sp³-hybridized carbons (Fsp3) is 0.280. The molecule has 2 aromatic heterocycles. The van der Waals surface area contributed by atoms with Gasteiger partial charge in [-0.25, -0.2) is 4.98 Å². The maximum atomic E-state index is 12.0. The second kappa shape index (κ2) is 10.2. The minimum Gasteiger partial charge on any atom is -0.497 e. The van der Waals surface area contributed by atoms with Crippen LogP contribution in [0.1, 0.15) is 34.4 Å². The van der Waals surface area contributed by atoms with Crippen LogP contribution in [0.3, 0.4) is 0 Å². The third kappa shape index (κ3) is 5.18. The molecule has 0 spiro atoms. The Morgan fingerprint density at radius 2 is 2.06 bits per heavy atom. The molecule has 0 aliphatic rings. The van der Waals surface area contributed by atoms with Gasteiger partial charge >= 0.3 is 0 Å². The summed E-state index contributed by atoms with van der Waals surface area (Å²) >= 11 is 0.